The number of hydrogen-bond acceptors (Lipinski definition) is 7. The van der Waals surface area contributed by atoms with Gasteiger partial charge in [-0.25, -0.2) is 4.98 Å². The Kier molecular flexibility index (Phi) is 5.77. The maximum Gasteiger partial charge on any atom is 0.273 e. The van der Waals surface area contributed by atoms with Crippen LogP contribution in [0.5, 0.6) is 0 Å². The van der Waals surface area contributed by atoms with Gasteiger partial charge in [-0.05, 0) is 30.5 Å². The van der Waals surface area contributed by atoms with Crippen molar-refractivity contribution in [2.45, 2.75) is 45.3 Å². The Bertz CT molecular complexity index is 1200. The quantitative estimate of drug-likeness (QED) is 0.513. The zero-order valence-electron chi connectivity index (χ0n) is 18.6. The predicted octanol–water partition coefficient (Wildman–Crippen LogP) is 2.69. The lowest BCUT2D eigenvalue weighted by Crippen LogP contribution is -2.42. The fourth-order valence-electron chi connectivity index (χ4n) is 4.32. The highest BCUT2D eigenvalue weighted by Gasteiger charge is 2.32. The summed E-state index contributed by atoms with van der Waals surface area (Å²) in [5.74, 6) is 1.05. The van der Waals surface area contributed by atoms with Crippen molar-refractivity contribution >= 4 is 34.5 Å². The number of benzene rings is 1. The second-order valence-corrected chi connectivity index (χ2v) is 8.52. The summed E-state index contributed by atoms with van der Waals surface area (Å²) in [6.45, 7) is 4.28. The van der Waals surface area contributed by atoms with E-state index in [0.29, 0.717) is 56.5 Å². The Morgan fingerprint density at radius 1 is 1.21 bits per heavy atom. The van der Waals surface area contributed by atoms with Gasteiger partial charge >= 0.3 is 0 Å². The Morgan fingerprint density at radius 3 is 2.91 bits per heavy atom. The zero-order valence-corrected chi connectivity index (χ0v) is 18.6. The number of amides is 2. The lowest BCUT2D eigenvalue weighted by molar-refractivity contribution is -0.122. The summed E-state index contributed by atoms with van der Waals surface area (Å²) in [6.07, 6.45) is 3.90. The van der Waals surface area contributed by atoms with Gasteiger partial charge in [0.15, 0.2) is 0 Å². The van der Waals surface area contributed by atoms with Crippen LogP contribution in [0.3, 0.4) is 0 Å². The molecule has 4 heterocycles. The predicted molar refractivity (Wildman–Crippen MR) is 126 cm³/mol. The van der Waals surface area contributed by atoms with Crippen molar-refractivity contribution in [1.29, 1.82) is 0 Å². The molecule has 5 rings (SSSR count). The molecule has 1 atom stereocenters. The van der Waals surface area contributed by atoms with E-state index in [1.165, 1.54) is 0 Å². The molecule has 9 heteroatoms. The van der Waals surface area contributed by atoms with Crippen molar-refractivity contribution in [2.24, 2.45) is 0 Å². The fraction of sp³-hybridized carbons (Fsp3) is 0.375. The van der Waals surface area contributed by atoms with Crippen LogP contribution >= 0.6 is 0 Å². The fourth-order valence-corrected chi connectivity index (χ4v) is 4.32. The standard InChI is InChI=1S/C24H27N7O2/c1-2-9-31-14-18-21(23(31)33)29-24(28-17-7-8-20(32)26-13-17)30-22(18)27-12-15-10-16-5-3-4-6-19(16)25-11-15/h3-6,10-11,17H,2,7-9,12-14H2,1H3,(H,26,32)(H2,27,28,29,30)/t17-/m0/s1. The van der Waals surface area contributed by atoms with Gasteiger partial charge in [-0.15, -0.1) is 0 Å². The molecule has 0 unspecified atom stereocenters. The first-order valence-corrected chi connectivity index (χ1v) is 11.4. The van der Waals surface area contributed by atoms with Gasteiger partial charge in [-0.2, -0.15) is 4.98 Å². The highest BCUT2D eigenvalue weighted by atomic mass is 16.2. The number of rotatable bonds is 7. The molecular weight excluding hydrogens is 418 g/mol. The van der Waals surface area contributed by atoms with Crippen LogP contribution < -0.4 is 16.0 Å². The van der Waals surface area contributed by atoms with Crippen molar-refractivity contribution in [2.75, 3.05) is 23.7 Å². The third-order valence-electron chi connectivity index (χ3n) is 6.05. The topological polar surface area (TPSA) is 112 Å². The molecular formula is C24H27N7O2. The SMILES string of the molecule is CCCN1Cc2c(NCc3cnc4ccccc4c3)nc(N[C@H]3CCC(=O)NC3)nc2C1=O. The first-order chi connectivity index (χ1) is 16.1. The molecule has 1 saturated heterocycles. The van der Waals surface area contributed by atoms with Crippen LogP contribution in [0.15, 0.2) is 36.5 Å². The van der Waals surface area contributed by atoms with Gasteiger partial charge in [0.05, 0.1) is 12.1 Å². The minimum atomic E-state index is -0.0651. The number of anilines is 2. The number of piperidine rings is 1. The Morgan fingerprint density at radius 2 is 2.09 bits per heavy atom. The van der Waals surface area contributed by atoms with E-state index in [2.05, 4.69) is 38.9 Å². The van der Waals surface area contributed by atoms with Gasteiger partial charge in [0, 0.05) is 49.2 Å². The molecule has 2 aliphatic rings. The number of carbonyl (C=O) groups is 2. The highest BCUT2D eigenvalue weighted by molar-refractivity contribution is 5.98. The molecule has 170 valence electrons. The molecule has 2 amide bonds. The second kappa shape index (κ2) is 9.01. The third kappa shape index (κ3) is 4.44. The molecule has 0 saturated carbocycles. The van der Waals surface area contributed by atoms with E-state index in [9.17, 15) is 9.59 Å². The number of hydrogen-bond donors (Lipinski definition) is 3. The number of pyridine rings is 1. The van der Waals surface area contributed by atoms with Gasteiger partial charge in [-0.3, -0.25) is 14.6 Å². The van der Waals surface area contributed by atoms with Gasteiger partial charge in [-0.1, -0.05) is 25.1 Å². The monoisotopic (exact) mass is 445 g/mol. The van der Waals surface area contributed by atoms with E-state index in [4.69, 9.17) is 4.98 Å². The normalized spacial score (nSPS) is 17.7. The molecule has 2 aromatic heterocycles. The molecule has 9 nitrogen and oxygen atoms in total. The Hall–Kier alpha value is -3.75. The second-order valence-electron chi connectivity index (χ2n) is 8.52. The summed E-state index contributed by atoms with van der Waals surface area (Å²) in [5.41, 5.74) is 3.25. The first-order valence-electron chi connectivity index (χ1n) is 11.4. The average Bonchev–Trinajstić information content (AvgIpc) is 3.14. The van der Waals surface area contributed by atoms with Gasteiger partial charge in [0.25, 0.3) is 5.91 Å². The summed E-state index contributed by atoms with van der Waals surface area (Å²) in [7, 11) is 0. The van der Waals surface area contributed by atoms with Crippen LogP contribution in [0, 0.1) is 0 Å². The summed E-state index contributed by atoms with van der Waals surface area (Å²) >= 11 is 0. The molecule has 1 aromatic carbocycles. The smallest absolute Gasteiger partial charge is 0.273 e. The van der Waals surface area contributed by atoms with Gasteiger partial charge in [0.2, 0.25) is 11.9 Å². The van der Waals surface area contributed by atoms with Crippen molar-refractivity contribution in [1.82, 2.24) is 25.2 Å². The van der Waals surface area contributed by atoms with Crippen molar-refractivity contribution in [3.05, 3.63) is 53.3 Å². The molecule has 0 bridgehead atoms. The third-order valence-corrected chi connectivity index (χ3v) is 6.05. The summed E-state index contributed by atoms with van der Waals surface area (Å²) in [6, 6.07) is 10.1. The minimum Gasteiger partial charge on any atom is -0.365 e. The number of aromatic nitrogens is 3. The van der Waals surface area contributed by atoms with Gasteiger partial charge < -0.3 is 20.9 Å². The van der Waals surface area contributed by atoms with E-state index in [1.54, 1.807) is 0 Å². The molecule has 0 aliphatic carbocycles. The van der Waals surface area contributed by atoms with Crippen LogP contribution in [0.25, 0.3) is 10.9 Å². The number of nitrogens with zero attached hydrogens (tertiary/aromatic N) is 4. The van der Waals surface area contributed by atoms with Gasteiger partial charge in [0.1, 0.15) is 11.5 Å². The molecule has 2 aliphatic heterocycles. The first kappa shape index (κ1) is 21.1. The lowest BCUT2D eigenvalue weighted by atomic mass is 10.1. The molecule has 33 heavy (non-hydrogen) atoms. The van der Waals surface area contributed by atoms with Crippen LogP contribution in [-0.4, -0.2) is 50.8 Å². The van der Waals surface area contributed by atoms with E-state index in [1.807, 2.05) is 35.4 Å². The summed E-state index contributed by atoms with van der Waals surface area (Å²) < 4.78 is 0. The summed E-state index contributed by atoms with van der Waals surface area (Å²) in [4.78, 5) is 40.1. The largest absolute Gasteiger partial charge is 0.365 e. The number of para-hydroxylation sites is 1. The molecule has 1 fully saturated rings. The zero-order chi connectivity index (χ0) is 22.8. The highest BCUT2D eigenvalue weighted by Crippen LogP contribution is 2.29. The minimum absolute atomic E-state index is 0.0292. The molecule has 3 N–H and O–H groups in total. The van der Waals surface area contributed by atoms with Crippen LogP contribution in [0.2, 0.25) is 0 Å². The van der Waals surface area contributed by atoms with E-state index in [-0.39, 0.29) is 17.9 Å². The molecule has 3 aromatic rings. The lowest BCUT2D eigenvalue weighted by Gasteiger charge is -2.23. The number of fused-ring (bicyclic) bond motifs is 2. The average molecular weight is 446 g/mol. The van der Waals surface area contributed by atoms with Crippen LogP contribution in [-0.2, 0) is 17.9 Å². The maximum atomic E-state index is 13.0. The van der Waals surface area contributed by atoms with E-state index in [0.717, 1.165) is 28.5 Å². The number of carbonyl (C=O) groups excluding carboxylic acids is 2. The van der Waals surface area contributed by atoms with E-state index < -0.39 is 0 Å². The van der Waals surface area contributed by atoms with Crippen molar-refractivity contribution < 1.29 is 9.59 Å². The van der Waals surface area contributed by atoms with Crippen LogP contribution in [0.4, 0.5) is 11.8 Å². The van der Waals surface area contributed by atoms with E-state index >= 15 is 0 Å². The Labute approximate surface area is 192 Å². The molecule has 0 radical (unpaired) electrons. The Balaban J connectivity index is 1.40. The number of nitrogens with one attached hydrogen (secondary N) is 3. The summed E-state index contributed by atoms with van der Waals surface area (Å²) in [5, 5.41) is 10.7. The maximum absolute atomic E-state index is 13.0. The molecule has 0 spiro atoms. The van der Waals surface area contributed by atoms with Crippen molar-refractivity contribution in [3.8, 4) is 0 Å². The van der Waals surface area contributed by atoms with Crippen LogP contribution in [0.1, 0.15) is 47.8 Å². The van der Waals surface area contributed by atoms with Crippen molar-refractivity contribution in [3.63, 3.8) is 0 Å².